The third-order valence-corrected chi connectivity index (χ3v) is 4.75. The minimum absolute atomic E-state index is 0.0796. The van der Waals surface area contributed by atoms with Crippen molar-refractivity contribution in [1.29, 1.82) is 0 Å². The normalized spacial score (nSPS) is 15.0. The van der Waals surface area contributed by atoms with Crippen LogP contribution in [-0.4, -0.2) is 27.8 Å². The molecule has 2 heterocycles. The molecular formula is C22H21N5O2. The Hall–Kier alpha value is -3.74. The maximum atomic E-state index is 13.0. The Morgan fingerprint density at radius 2 is 1.83 bits per heavy atom. The molecule has 2 aromatic carbocycles. The first-order valence-corrected chi connectivity index (χ1v) is 9.39. The smallest absolute Gasteiger partial charge is 0.278 e. The molecule has 1 aromatic heterocycles. The second-order valence-corrected chi connectivity index (χ2v) is 7.03. The molecule has 146 valence electrons. The first-order chi connectivity index (χ1) is 14.0. The molecule has 0 radical (unpaired) electrons. The number of carbonyl (C=O) groups excluding carboxylic acids is 2. The fourth-order valence-electron chi connectivity index (χ4n) is 3.53. The summed E-state index contributed by atoms with van der Waals surface area (Å²) in [6.07, 6.45) is 3.85. The van der Waals surface area contributed by atoms with Crippen LogP contribution < -0.4 is 15.5 Å². The van der Waals surface area contributed by atoms with E-state index in [4.69, 9.17) is 0 Å². The molecule has 0 aliphatic carbocycles. The van der Waals surface area contributed by atoms with E-state index in [1.165, 1.54) is 24.9 Å². The number of hydrogen-bond acceptors (Lipinski definition) is 5. The fraction of sp³-hybridized carbons (Fsp3) is 0.182. The molecule has 4 rings (SSSR count). The molecule has 2 N–H and O–H groups in total. The number of para-hydroxylation sites is 1. The third-order valence-electron chi connectivity index (χ3n) is 4.75. The summed E-state index contributed by atoms with van der Waals surface area (Å²) in [7, 11) is 0. The Balaban J connectivity index is 1.50. The highest BCUT2D eigenvalue weighted by Gasteiger charge is 2.31. The van der Waals surface area contributed by atoms with E-state index in [0.717, 1.165) is 17.8 Å². The quantitative estimate of drug-likeness (QED) is 0.712. The van der Waals surface area contributed by atoms with Gasteiger partial charge in [-0.1, -0.05) is 24.3 Å². The Bertz CT molecular complexity index is 1060. The van der Waals surface area contributed by atoms with Crippen LogP contribution in [-0.2, 0) is 11.2 Å². The molecule has 0 spiro atoms. The van der Waals surface area contributed by atoms with Gasteiger partial charge in [0.15, 0.2) is 0 Å². The maximum absolute atomic E-state index is 13.0. The zero-order valence-corrected chi connectivity index (χ0v) is 16.2. The van der Waals surface area contributed by atoms with Crippen molar-refractivity contribution in [2.24, 2.45) is 0 Å². The molecule has 7 nitrogen and oxygen atoms in total. The van der Waals surface area contributed by atoms with Gasteiger partial charge in [0.25, 0.3) is 5.91 Å². The number of aromatic nitrogens is 2. The lowest BCUT2D eigenvalue weighted by molar-refractivity contribution is -0.114. The summed E-state index contributed by atoms with van der Waals surface area (Å²) < 4.78 is 0. The fourth-order valence-corrected chi connectivity index (χ4v) is 3.53. The van der Waals surface area contributed by atoms with Gasteiger partial charge in [-0.05, 0) is 43.2 Å². The van der Waals surface area contributed by atoms with Crippen LogP contribution in [0.5, 0.6) is 0 Å². The summed E-state index contributed by atoms with van der Waals surface area (Å²) in [4.78, 5) is 34.6. The highest BCUT2D eigenvalue weighted by atomic mass is 16.2. The van der Waals surface area contributed by atoms with Crippen LogP contribution in [0, 0.1) is 0 Å². The van der Waals surface area contributed by atoms with Crippen LogP contribution in [0.25, 0.3) is 0 Å². The predicted molar refractivity (Wildman–Crippen MR) is 112 cm³/mol. The van der Waals surface area contributed by atoms with Crippen molar-refractivity contribution in [3.63, 3.8) is 0 Å². The molecule has 1 aliphatic heterocycles. The highest BCUT2D eigenvalue weighted by molar-refractivity contribution is 6.06. The average molecular weight is 387 g/mol. The predicted octanol–water partition coefficient (Wildman–Crippen LogP) is 3.77. The maximum Gasteiger partial charge on any atom is 0.278 e. The summed E-state index contributed by atoms with van der Waals surface area (Å²) in [5, 5.41) is 5.86. The molecule has 7 heteroatoms. The summed E-state index contributed by atoms with van der Waals surface area (Å²) in [5.41, 5.74) is 3.84. The monoisotopic (exact) mass is 387 g/mol. The van der Waals surface area contributed by atoms with Gasteiger partial charge >= 0.3 is 0 Å². The number of rotatable bonds is 4. The van der Waals surface area contributed by atoms with Crippen molar-refractivity contribution in [1.82, 2.24) is 9.97 Å². The lowest BCUT2D eigenvalue weighted by Gasteiger charge is -2.22. The van der Waals surface area contributed by atoms with Gasteiger partial charge in [-0.2, -0.15) is 0 Å². The minimum atomic E-state index is -0.158. The SMILES string of the molecule is CC(=O)Nc1cccc(Nc2cnc(C(=O)N3c4ccccc4CC3C)cn2)c1. The van der Waals surface area contributed by atoms with Crippen LogP contribution >= 0.6 is 0 Å². The Morgan fingerprint density at radius 3 is 2.59 bits per heavy atom. The Kier molecular flexibility index (Phi) is 4.95. The number of carbonyl (C=O) groups is 2. The van der Waals surface area contributed by atoms with Crippen LogP contribution in [0.2, 0.25) is 0 Å². The van der Waals surface area contributed by atoms with Gasteiger partial charge in [-0.15, -0.1) is 0 Å². The highest BCUT2D eigenvalue weighted by Crippen LogP contribution is 2.32. The van der Waals surface area contributed by atoms with Crippen LogP contribution in [0.3, 0.4) is 0 Å². The number of hydrogen-bond donors (Lipinski definition) is 2. The molecule has 1 atom stereocenters. The third kappa shape index (κ3) is 3.94. The van der Waals surface area contributed by atoms with Gasteiger partial charge in [0.2, 0.25) is 5.91 Å². The molecule has 3 aromatic rings. The van der Waals surface area contributed by atoms with Crippen molar-refractivity contribution >= 4 is 34.7 Å². The zero-order valence-electron chi connectivity index (χ0n) is 16.2. The summed E-state index contributed by atoms with van der Waals surface area (Å²) >= 11 is 0. The zero-order chi connectivity index (χ0) is 20.4. The van der Waals surface area contributed by atoms with Gasteiger partial charge < -0.3 is 15.5 Å². The molecule has 1 unspecified atom stereocenters. The molecule has 0 saturated heterocycles. The second kappa shape index (κ2) is 7.71. The van der Waals surface area contributed by atoms with E-state index in [1.807, 2.05) is 43.3 Å². The Labute approximate surface area is 168 Å². The van der Waals surface area contributed by atoms with Crippen molar-refractivity contribution in [2.45, 2.75) is 26.3 Å². The summed E-state index contributed by atoms with van der Waals surface area (Å²) in [6, 6.07) is 15.3. The van der Waals surface area contributed by atoms with Crippen molar-refractivity contribution < 1.29 is 9.59 Å². The van der Waals surface area contributed by atoms with E-state index in [0.29, 0.717) is 17.2 Å². The molecule has 1 aliphatic rings. The average Bonchev–Trinajstić information content (AvgIpc) is 3.03. The van der Waals surface area contributed by atoms with E-state index in [1.54, 1.807) is 17.0 Å². The standard InChI is InChI=1S/C22H21N5O2/c1-14-10-16-6-3-4-9-20(16)27(14)22(29)19-12-24-21(13-23-19)26-18-8-5-7-17(11-18)25-15(2)28/h3-9,11-14H,10H2,1-2H3,(H,24,26)(H,25,28). The van der Waals surface area contributed by atoms with E-state index in [9.17, 15) is 9.59 Å². The number of anilines is 4. The molecule has 29 heavy (non-hydrogen) atoms. The lowest BCUT2D eigenvalue weighted by atomic mass is 10.1. The van der Waals surface area contributed by atoms with Crippen LogP contribution in [0.4, 0.5) is 22.9 Å². The number of benzene rings is 2. The van der Waals surface area contributed by atoms with Crippen LogP contribution in [0.15, 0.2) is 60.9 Å². The van der Waals surface area contributed by atoms with Gasteiger partial charge in [0, 0.05) is 30.0 Å². The topological polar surface area (TPSA) is 87.2 Å². The van der Waals surface area contributed by atoms with Crippen LogP contribution in [0.1, 0.15) is 29.9 Å². The molecule has 2 amide bonds. The van der Waals surface area contributed by atoms with E-state index >= 15 is 0 Å². The van der Waals surface area contributed by atoms with Crippen molar-refractivity contribution in [3.05, 3.63) is 72.2 Å². The lowest BCUT2D eigenvalue weighted by Crippen LogP contribution is -2.36. The van der Waals surface area contributed by atoms with E-state index in [2.05, 4.69) is 20.6 Å². The first kappa shape index (κ1) is 18.6. The van der Waals surface area contributed by atoms with E-state index in [-0.39, 0.29) is 17.9 Å². The first-order valence-electron chi connectivity index (χ1n) is 9.39. The van der Waals surface area contributed by atoms with Gasteiger partial charge in [-0.25, -0.2) is 9.97 Å². The van der Waals surface area contributed by atoms with Gasteiger partial charge in [0.05, 0.1) is 12.4 Å². The number of nitrogens with one attached hydrogen (secondary N) is 2. The molecule has 0 fully saturated rings. The number of fused-ring (bicyclic) bond motifs is 1. The molecule has 0 saturated carbocycles. The van der Waals surface area contributed by atoms with Crippen molar-refractivity contribution in [2.75, 3.05) is 15.5 Å². The molecular weight excluding hydrogens is 366 g/mol. The second-order valence-electron chi connectivity index (χ2n) is 7.03. The van der Waals surface area contributed by atoms with Gasteiger partial charge in [-0.3, -0.25) is 9.59 Å². The summed E-state index contributed by atoms with van der Waals surface area (Å²) in [6.45, 7) is 3.49. The Morgan fingerprint density at radius 1 is 1.03 bits per heavy atom. The number of amides is 2. The largest absolute Gasteiger partial charge is 0.339 e. The summed E-state index contributed by atoms with van der Waals surface area (Å²) in [5.74, 6) is 0.216. The van der Waals surface area contributed by atoms with E-state index < -0.39 is 0 Å². The number of nitrogens with zero attached hydrogens (tertiary/aromatic N) is 3. The minimum Gasteiger partial charge on any atom is -0.339 e. The van der Waals surface area contributed by atoms with Gasteiger partial charge in [0.1, 0.15) is 11.5 Å². The molecule has 0 bridgehead atoms. The van der Waals surface area contributed by atoms with Crippen molar-refractivity contribution in [3.8, 4) is 0 Å².